The fourth-order valence-corrected chi connectivity index (χ4v) is 4.69. The van der Waals surface area contributed by atoms with Crippen molar-refractivity contribution in [2.45, 2.75) is 17.4 Å². The SMILES string of the molecule is COC(=O)c1ccc(NC(=O)C(Cc2ccccc2)NS(=O)(=O)c2ccc(OC)c(Cl)c2)cc1. The van der Waals surface area contributed by atoms with Gasteiger partial charge in [-0.2, -0.15) is 4.72 Å². The molecule has 3 aromatic carbocycles. The Morgan fingerprint density at radius 1 is 0.971 bits per heavy atom. The predicted octanol–water partition coefficient (Wildman–Crippen LogP) is 3.66. The molecule has 0 radical (unpaired) electrons. The van der Waals surface area contributed by atoms with Crippen LogP contribution in [0.25, 0.3) is 0 Å². The Morgan fingerprint density at radius 2 is 1.65 bits per heavy atom. The Labute approximate surface area is 202 Å². The summed E-state index contributed by atoms with van der Waals surface area (Å²) in [5.74, 6) is -0.752. The molecule has 178 valence electrons. The summed E-state index contributed by atoms with van der Waals surface area (Å²) >= 11 is 6.09. The van der Waals surface area contributed by atoms with Gasteiger partial charge < -0.3 is 14.8 Å². The Balaban J connectivity index is 1.85. The number of methoxy groups -OCH3 is 2. The van der Waals surface area contributed by atoms with Gasteiger partial charge in [-0.1, -0.05) is 41.9 Å². The van der Waals surface area contributed by atoms with E-state index in [9.17, 15) is 18.0 Å². The number of anilines is 1. The molecular weight excluding hydrogens is 480 g/mol. The standard InChI is InChI=1S/C24H23ClN2O6S/c1-32-22-13-12-19(15-20(22)25)34(30,31)27-21(14-16-6-4-3-5-7-16)23(28)26-18-10-8-17(9-11-18)24(29)33-2/h3-13,15,21,27H,14H2,1-2H3,(H,26,28). The number of carbonyl (C=O) groups is 2. The number of amides is 1. The molecule has 0 aliphatic rings. The Morgan fingerprint density at radius 3 is 2.24 bits per heavy atom. The maximum Gasteiger partial charge on any atom is 0.337 e. The van der Waals surface area contributed by atoms with E-state index in [4.69, 9.17) is 16.3 Å². The number of halogens is 1. The normalized spacial score (nSPS) is 12.0. The summed E-state index contributed by atoms with van der Waals surface area (Å²) in [6, 6.07) is 18.0. The third-order valence-corrected chi connectivity index (χ3v) is 6.67. The monoisotopic (exact) mass is 502 g/mol. The summed E-state index contributed by atoms with van der Waals surface area (Å²) in [6.45, 7) is 0. The van der Waals surface area contributed by atoms with Crippen molar-refractivity contribution in [1.82, 2.24) is 4.72 Å². The molecule has 0 saturated carbocycles. The fraction of sp³-hybridized carbons (Fsp3) is 0.167. The van der Waals surface area contributed by atoms with Gasteiger partial charge in [0, 0.05) is 5.69 Å². The number of hydrogen-bond donors (Lipinski definition) is 2. The van der Waals surface area contributed by atoms with Crippen LogP contribution in [0.3, 0.4) is 0 Å². The van der Waals surface area contributed by atoms with Crippen LogP contribution in [0, 0.1) is 0 Å². The van der Waals surface area contributed by atoms with Crippen LogP contribution in [0.2, 0.25) is 5.02 Å². The molecule has 3 rings (SSSR count). The smallest absolute Gasteiger partial charge is 0.337 e. The fourth-order valence-electron chi connectivity index (χ4n) is 3.14. The lowest BCUT2D eigenvalue weighted by atomic mass is 10.1. The van der Waals surface area contributed by atoms with E-state index in [1.165, 1.54) is 56.7 Å². The average Bonchev–Trinajstić information content (AvgIpc) is 2.84. The quantitative estimate of drug-likeness (QED) is 0.432. The molecule has 3 aromatic rings. The third-order valence-electron chi connectivity index (χ3n) is 4.90. The zero-order chi connectivity index (χ0) is 24.7. The van der Waals surface area contributed by atoms with Gasteiger partial charge in [0.2, 0.25) is 15.9 Å². The lowest BCUT2D eigenvalue weighted by Gasteiger charge is -2.19. The second-order valence-electron chi connectivity index (χ2n) is 7.22. The second-order valence-corrected chi connectivity index (χ2v) is 9.34. The van der Waals surface area contributed by atoms with Crippen LogP contribution in [-0.2, 0) is 26.0 Å². The van der Waals surface area contributed by atoms with Gasteiger partial charge in [-0.15, -0.1) is 0 Å². The Kier molecular flexibility index (Phi) is 8.27. The van der Waals surface area contributed by atoms with Gasteiger partial charge in [0.05, 0.1) is 29.7 Å². The van der Waals surface area contributed by atoms with Crippen molar-refractivity contribution in [3.05, 3.63) is 88.9 Å². The van der Waals surface area contributed by atoms with Gasteiger partial charge in [-0.3, -0.25) is 4.79 Å². The summed E-state index contributed by atoms with van der Waals surface area (Å²) < 4.78 is 38.3. The van der Waals surface area contributed by atoms with Crippen molar-refractivity contribution in [1.29, 1.82) is 0 Å². The molecule has 1 amide bonds. The van der Waals surface area contributed by atoms with Crippen LogP contribution < -0.4 is 14.8 Å². The van der Waals surface area contributed by atoms with Crippen LogP contribution in [0.1, 0.15) is 15.9 Å². The zero-order valence-electron chi connectivity index (χ0n) is 18.4. The van der Waals surface area contributed by atoms with Gasteiger partial charge in [-0.05, 0) is 54.4 Å². The van der Waals surface area contributed by atoms with Crippen molar-refractivity contribution in [2.24, 2.45) is 0 Å². The number of nitrogens with one attached hydrogen (secondary N) is 2. The van der Waals surface area contributed by atoms with Crippen LogP contribution in [0.4, 0.5) is 5.69 Å². The minimum atomic E-state index is -4.10. The Bertz CT molecular complexity index is 1260. The Hall–Kier alpha value is -3.40. The highest BCUT2D eigenvalue weighted by molar-refractivity contribution is 7.89. The molecule has 0 fully saturated rings. The molecule has 0 spiro atoms. The molecule has 0 aromatic heterocycles. The lowest BCUT2D eigenvalue weighted by Crippen LogP contribution is -2.45. The highest BCUT2D eigenvalue weighted by atomic mass is 35.5. The topological polar surface area (TPSA) is 111 Å². The molecular formula is C24H23ClN2O6S. The summed E-state index contributed by atoms with van der Waals surface area (Å²) in [5.41, 5.74) is 1.47. The molecule has 0 saturated heterocycles. The minimum Gasteiger partial charge on any atom is -0.495 e. The summed E-state index contributed by atoms with van der Waals surface area (Å²) in [5, 5.41) is 2.81. The van der Waals surface area contributed by atoms with Crippen molar-refractivity contribution in [3.8, 4) is 5.75 Å². The summed E-state index contributed by atoms with van der Waals surface area (Å²) in [4.78, 5) is 24.6. The molecule has 0 aliphatic heterocycles. The molecule has 10 heteroatoms. The number of benzene rings is 3. The molecule has 34 heavy (non-hydrogen) atoms. The minimum absolute atomic E-state index is 0.105. The maximum atomic E-state index is 13.1. The first-order valence-electron chi connectivity index (χ1n) is 10.1. The molecule has 1 atom stereocenters. The number of esters is 1. The second kappa shape index (κ2) is 11.1. The van der Waals surface area contributed by atoms with Gasteiger partial charge >= 0.3 is 5.97 Å². The van der Waals surface area contributed by atoms with E-state index in [0.717, 1.165) is 5.56 Å². The largest absolute Gasteiger partial charge is 0.495 e. The maximum absolute atomic E-state index is 13.1. The van der Waals surface area contributed by atoms with E-state index in [1.807, 2.05) is 6.07 Å². The lowest BCUT2D eigenvalue weighted by molar-refractivity contribution is -0.117. The summed E-state index contributed by atoms with van der Waals surface area (Å²) in [7, 11) is -1.40. The van der Waals surface area contributed by atoms with Crippen molar-refractivity contribution in [2.75, 3.05) is 19.5 Å². The highest BCUT2D eigenvalue weighted by Gasteiger charge is 2.27. The molecule has 0 heterocycles. The number of carbonyl (C=O) groups excluding carboxylic acids is 2. The van der Waals surface area contributed by atoms with Crippen LogP contribution in [0.5, 0.6) is 5.75 Å². The molecule has 0 aliphatic carbocycles. The number of ether oxygens (including phenoxy) is 2. The van der Waals surface area contributed by atoms with Gasteiger partial charge in [0.25, 0.3) is 0 Å². The summed E-state index contributed by atoms with van der Waals surface area (Å²) in [6.07, 6.45) is 0.107. The average molecular weight is 503 g/mol. The van der Waals surface area contributed by atoms with E-state index >= 15 is 0 Å². The van der Waals surface area contributed by atoms with Crippen LogP contribution in [0.15, 0.2) is 77.7 Å². The third kappa shape index (κ3) is 6.34. The predicted molar refractivity (Wildman–Crippen MR) is 129 cm³/mol. The molecule has 8 nitrogen and oxygen atoms in total. The highest BCUT2D eigenvalue weighted by Crippen LogP contribution is 2.27. The van der Waals surface area contributed by atoms with Gasteiger partial charge in [0.1, 0.15) is 11.8 Å². The van der Waals surface area contributed by atoms with E-state index in [1.54, 1.807) is 24.3 Å². The first-order chi connectivity index (χ1) is 16.2. The van der Waals surface area contributed by atoms with Crippen molar-refractivity contribution in [3.63, 3.8) is 0 Å². The van der Waals surface area contributed by atoms with Crippen LogP contribution >= 0.6 is 11.6 Å². The number of hydrogen-bond acceptors (Lipinski definition) is 6. The zero-order valence-corrected chi connectivity index (χ0v) is 20.0. The van der Waals surface area contributed by atoms with E-state index in [2.05, 4.69) is 14.8 Å². The molecule has 0 bridgehead atoms. The van der Waals surface area contributed by atoms with Gasteiger partial charge in [-0.25, -0.2) is 13.2 Å². The van der Waals surface area contributed by atoms with E-state index in [-0.39, 0.29) is 16.3 Å². The van der Waals surface area contributed by atoms with Gasteiger partial charge in [0.15, 0.2) is 0 Å². The van der Waals surface area contributed by atoms with Crippen molar-refractivity contribution < 1.29 is 27.5 Å². The van der Waals surface area contributed by atoms with E-state index < -0.39 is 27.9 Å². The first-order valence-corrected chi connectivity index (χ1v) is 12.0. The van der Waals surface area contributed by atoms with Crippen LogP contribution in [-0.4, -0.2) is 40.6 Å². The number of rotatable bonds is 9. The molecule has 2 N–H and O–H groups in total. The van der Waals surface area contributed by atoms with E-state index in [0.29, 0.717) is 17.0 Å². The molecule has 1 unspecified atom stereocenters. The first kappa shape index (κ1) is 25.2. The number of sulfonamides is 1. The van der Waals surface area contributed by atoms with Crippen molar-refractivity contribution >= 4 is 39.2 Å².